The molecule has 0 unspecified atom stereocenters. The Morgan fingerprint density at radius 1 is 1.15 bits per heavy atom. The lowest BCUT2D eigenvalue weighted by atomic mass is 10.0. The zero-order chi connectivity index (χ0) is 24.1. The Bertz CT molecular complexity index is 1260. The van der Waals surface area contributed by atoms with Crippen LogP contribution < -0.4 is 4.90 Å². The van der Waals surface area contributed by atoms with E-state index in [2.05, 4.69) is 11.1 Å². The summed E-state index contributed by atoms with van der Waals surface area (Å²) in [5.41, 5.74) is 4.15. The quantitative estimate of drug-likeness (QED) is 0.545. The zero-order valence-electron chi connectivity index (χ0n) is 19.0. The predicted octanol–water partition coefficient (Wildman–Crippen LogP) is 3.57. The number of nitriles is 1. The lowest BCUT2D eigenvalue weighted by Crippen LogP contribution is -2.37. The van der Waals surface area contributed by atoms with E-state index in [4.69, 9.17) is 10.00 Å². The third-order valence-electron chi connectivity index (χ3n) is 6.12. The average molecular weight is 459 g/mol. The van der Waals surface area contributed by atoms with Crippen LogP contribution in [0, 0.1) is 11.3 Å². The molecule has 0 bridgehead atoms. The van der Waals surface area contributed by atoms with Crippen molar-refractivity contribution in [3.05, 3.63) is 65.4 Å². The van der Waals surface area contributed by atoms with Crippen LogP contribution in [-0.2, 0) is 27.3 Å². The van der Waals surface area contributed by atoms with Crippen LogP contribution in [0.5, 0.6) is 0 Å². The molecule has 3 aromatic rings. The maximum Gasteiger partial charge on any atom is 0.337 e. The molecule has 174 valence electrons. The van der Waals surface area contributed by atoms with E-state index >= 15 is 0 Å². The smallest absolute Gasteiger partial charge is 0.337 e. The summed E-state index contributed by atoms with van der Waals surface area (Å²) in [6, 6.07) is 16.6. The Kier molecular flexibility index (Phi) is 6.93. The van der Waals surface area contributed by atoms with E-state index in [-0.39, 0.29) is 31.1 Å². The van der Waals surface area contributed by atoms with Gasteiger partial charge in [-0.1, -0.05) is 18.2 Å². The molecule has 0 saturated carbocycles. The molecule has 2 aromatic carbocycles. The number of aromatic amines is 1. The number of esters is 1. The Hall–Kier alpha value is -4.12. The van der Waals surface area contributed by atoms with Crippen molar-refractivity contribution in [1.29, 1.82) is 5.26 Å². The molecular weight excluding hydrogens is 432 g/mol. The monoisotopic (exact) mass is 458 g/mol. The van der Waals surface area contributed by atoms with Crippen molar-refractivity contribution in [2.45, 2.75) is 32.2 Å². The molecule has 1 N–H and O–H groups in total. The van der Waals surface area contributed by atoms with E-state index in [1.807, 2.05) is 36.4 Å². The Morgan fingerprint density at radius 2 is 1.94 bits per heavy atom. The highest BCUT2D eigenvalue weighted by molar-refractivity contribution is 5.97. The number of carbonyl (C=O) groups is 3. The molecule has 0 fully saturated rings. The number of methoxy groups -OCH3 is 1. The lowest BCUT2D eigenvalue weighted by Gasteiger charge is -2.28. The summed E-state index contributed by atoms with van der Waals surface area (Å²) in [5, 5.41) is 9.86. The molecule has 4 rings (SSSR count). The Morgan fingerprint density at radius 3 is 2.68 bits per heavy atom. The molecule has 8 heteroatoms. The molecular formula is C26H26N4O4. The highest BCUT2D eigenvalue weighted by Crippen LogP contribution is 2.29. The fourth-order valence-electron chi connectivity index (χ4n) is 4.35. The van der Waals surface area contributed by atoms with Gasteiger partial charge in [-0.15, -0.1) is 0 Å². The van der Waals surface area contributed by atoms with E-state index in [1.165, 1.54) is 7.11 Å². The summed E-state index contributed by atoms with van der Waals surface area (Å²) in [7, 11) is 1.35. The molecule has 0 atom stereocenters. The number of fused-ring (bicyclic) bond motifs is 3. The first-order valence-electron chi connectivity index (χ1n) is 11.2. The molecule has 1 aliphatic heterocycles. The first kappa shape index (κ1) is 23.1. The second-order valence-corrected chi connectivity index (χ2v) is 8.19. The highest BCUT2D eigenvalue weighted by atomic mass is 16.5. The fourth-order valence-corrected chi connectivity index (χ4v) is 4.35. The van der Waals surface area contributed by atoms with Crippen LogP contribution in [0.1, 0.15) is 40.9 Å². The van der Waals surface area contributed by atoms with Gasteiger partial charge in [-0.25, -0.2) is 4.79 Å². The molecule has 2 amide bonds. The maximum atomic E-state index is 13.0. The molecule has 1 aliphatic rings. The first-order valence-corrected chi connectivity index (χ1v) is 11.2. The van der Waals surface area contributed by atoms with Gasteiger partial charge in [-0.2, -0.15) is 5.26 Å². The predicted molar refractivity (Wildman–Crippen MR) is 127 cm³/mol. The second kappa shape index (κ2) is 10.2. The van der Waals surface area contributed by atoms with E-state index in [1.54, 1.807) is 21.9 Å². The number of nitrogens with zero attached hydrogens (tertiary/aromatic N) is 3. The summed E-state index contributed by atoms with van der Waals surface area (Å²) in [5.74, 6) is -0.674. The van der Waals surface area contributed by atoms with Crippen molar-refractivity contribution >= 4 is 34.4 Å². The molecule has 2 heterocycles. The van der Waals surface area contributed by atoms with Gasteiger partial charge in [0.15, 0.2) is 0 Å². The van der Waals surface area contributed by atoms with Crippen molar-refractivity contribution in [2.24, 2.45) is 0 Å². The number of rotatable bonds is 7. The van der Waals surface area contributed by atoms with E-state index in [9.17, 15) is 14.4 Å². The molecule has 0 aliphatic carbocycles. The minimum absolute atomic E-state index is 0.0723. The summed E-state index contributed by atoms with van der Waals surface area (Å²) < 4.78 is 4.83. The zero-order valence-corrected chi connectivity index (χ0v) is 19.0. The molecule has 0 radical (unpaired) electrons. The number of aromatic nitrogens is 1. The van der Waals surface area contributed by atoms with Crippen LogP contribution in [0.25, 0.3) is 10.9 Å². The lowest BCUT2D eigenvalue weighted by molar-refractivity contribution is -0.134. The standard InChI is InChI=1S/C26H26N4O4/c1-34-26(33)18-8-9-22-20(16-18)21-17-29(15-12-23(21)28-22)24(31)10-11-25(32)30(14-5-13-27)19-6-3-2-4-7-19/h2-4,6-9,16,28H,5,10-12,14-15,17H2,1H3. The third kappa shape index (κ3) is 4.79. The third-order valence-corrected chi connectivity index (χ3v) is 6.12. The highest BCUT2D eigenvalue weighted by Gasteiger charge is 2.25. The largest absolute Gasteiger partial charge is 0.465 e. The number of benzene rings is 2. The van der Waals surface area contributed by atoms with Crippen molar-refractivity contribution in [3.8, 4) is 6.07 Å². The second-order valence-electron chi connectivity index (χ2n) is 8.19. The molecule has 1 aromatic heterocycles. The van der Waals surface area contributed by atoms with Crippen LogP contribution in [0.4, 0.5) is 5.69 Å². The number of ether oxygens (including phenoxy) is 1. The molecule has 0 spiro atoms. The number of para-hydroxylation sites is 1. The average Bonchev–Trinajstić information content (AvgIpc) is 3.24. The minimum Gasteiger partial charge on any atom is -0.465 e. The Balaban J connectivity index is 1.44. The van der Waals surface area contributed by atoms with Gasteiger partial charge in [0.1, 0.15) is 0 Å². The number of hydrogen-bond acceptors (Lipinski definition) is 5. The first-order chi connectivity index (χ1) is 16.5. The van der Waals surface area contributed by atoms with Crippen molar-refractivity contribution in [2.75, 3.05) is 25.1 Å². The number of amides is 2. The van der Waals surface area contributed by atoms with Gasteiger partial charge in [0.05, 0.1) is 25.2 Å². The minimum atomic E-state index is -0.404. The summed E-state index contributed by atoms with van der Waals surface area (Å²) >= 11 is 0. The number of anilines is 1. The molecule has 34 heavy (non-hydrogen) atoms. The van der Waals surface area contributed by atoms with Gasteiger partial charge in [-0.05, 0) is 30.3 Å². The number of nitrogens with one attached hydrogen (secondary N) is 1. The normalized spacial score (nSPS) is 12.6. The number of carbonyl (C=O) groups excluding carboxylic acids is 3. The van der Waals surface area contributed by atoms with Gasteiger partial charge in [0.2, 0.25) is 11.8 Å². The topological polar surface area (TPSA) is 106 Å². The van der Waals surface area contributed by atoms with Crippen LogP contribution in [0.2, 0.25) is 0 Å². The van der Waals surface area contributed by atoms with Crippen molar-refractivity contribution in [1.82, 2.24) is 9.88 Å². The van der Waals surface area contributed by atoms with Gasteiger partial charge in [0, 0.05) is 66.7 Å². The van der Waals surface area contributed by atoms with Crippen LogP contribution in [0.15, 0.2) is 48.5 Å². The number of H-pyrrole nitrogens is 1. The Labute approximate surface area is 197 Å². The molecule has 8 nitrogen and oxygen atoms in total. The van der Waals surface area contributed by atoms with E-state index in [0.717, 1.165) is 27.8 Å². The summed E-state index contributed by atoms with van der Waals surface area (Å²) in [6.07, 6.45) is 1.07. The van der Waals surface area contributed by atoms with Crippen molar-refractivity contribution < 1.29 is 19.1 Å². The summed E-state index contributed by atoms with van der Waals surface area (Å²) in [6.45, 7) is 1.27. The van der Waals surface area contributed by atoms with Gasteiger partial charge in [-0.3, -0.25) is 9.59 Å². The summed E-state index contributed by atoms with van der Waals surface area (Å²) in [4.78, 5) is 44.5. The van der Waals surface area contributed by atoms with Gasteiger partial charge < -0.3 is 19.5 Å². The van der Waals surface area contributed by atoms with E-state index < -0.39 is 5.97 Å². The molecule has 0 saturated heterocycles. The maximum absolute atomic E-state index is 13.0. The van der Waals surface area contributed by atoms with E-state index in [0.29, 0.717) is 31.6 Å². The van der Waals surface area contributed by atoms with Gasteiger partial charge >= 0.3 is 5.97 Å². The SMILES string of the molecule is COC(=O)c1ccc2[nH]c3c(c2c1)CN(C(=O)CCC(=O)N(CCC#N)c1ccccc1)CC3. The van der Waals surface area contributed by atoms with Crippen LogP contribution >= 0.6 is 0 Å². The fraction of sp³-hybridized carbons (Fsp3) is 0.308. The van der Waals surface area contributed by atoms with Crippen LogP contribution in [-0.4, -0.2) is 47.9 Å². The number of hydrogen-bond donors (Lipinski definition) is 1. The van der Waals surface area contributed by atoms with Crippen molar-refractivity contribution in [3.63, 3.8) is 0 Å². The van der Waals surface area contributed by atoms with Gasteiger partial charge in [0.25, 0.3) is 0 Å². The van der Waals surface area contributed by atoms with Crippen LogP contribution in [0.3, 0.4) is 0 Å².